The summed E-state index contributed by atoms with van der Waals surface area (Å²) >= 11 is 0. The van der Waals surface area contributed by atoms with Gasteiger partial charge in [0, 0.05) is 30.9 Å². The minimum Gasteiger partial charge on any atom is -0.337 e. The third-order valence-corrected chi connectivity index (χ3v) is 4.92. The van der Waals surface area contributed by atoms with E-state index in [2.05, 4.69) is 79.9 Å². The molecule has 0 saturated carbocycles. The minimum absolute atomic E-state index is 0. The molecule has 1 aliphatic heterocycles. The van der Waals surface area contributed by atoms with Crippen LogP contribution in [-0.4, -0.2) is 24.0 Å². The summed E-state index contributed by atoms with van der Waals surface area (Å²) in [6.07, 6.45) is 7.43. The van der Waals surface area contributed by atoms with Gasteiger partial charge in [-0.25, -0.2) is 0 Å². The van der Waals surface area contributed by atoms with Crippen molar-refractivity contribution >= 4 is 17.7 Å². The maximum atomic E-state index is 3.72. The fraction of sp³-hybridized carbons (Fsp3) is 0.409. The van der Waals surface area contributed by atoms with Gasteiger partial charge in [-0.3, -0.25) is 0 Å². The second-order valence-corrected chi connectivity index (χ2v) is 6.94. The molecule has 2 aromatic carbocycles. The van der Waals surface area contributed by atoms with Crippen LogP contribution in [0.1, 0.15) is 41.5 Å². The summed E-state index contributed by atoms with van der Waals surface area (Å²) in [5, 5.41) is 0. The summed E-state index contributed by atoms with van der Waals surface area (Å²) in [5.41, 5.74) is 7.93. The van der Waals surface area contributed by atoms with Crippen LogP contribution in [-0.2, 0) is 19.5 Å². The molecule has 0 aliphatic carbocycles. The summed E-state index contributed by atoms with van der Waals surface area (Å²) in [5.74, 6) is 0. The van der Waals surface area contributed by atoms with Gasteiger partial charge in [-0.15, -0.1) is 0 Å². The molecule has 0 atom stereocenters. The molecule has 0 aromatic heterocycles. The Bertz CT molecular complexity index is 724. The van der Waals surface area contributed by atoms with E-state index in [1.807, 2.05) is 0 Å². The van der Waals surface area contributed by atoms with Crippen LogP contribution in [0.3, 0.4) is 0 Å². The normalized spacial score (nSPS) is 15.0. The standard InChI is InChI=1S/C22H28N2.Rh/c1-17-10-8-11-18(2)21(17)23-14-6-5-7-15-24(16-23)22-19(3)12-9-13-20(22)4;/h8-13H,5-7,14-15H2,1-4H3;. The molecular weight excluding hydrogens is 395 g/mol. The van der Waals surface area contributed by atoms with Crippen molar-refractivity contribution < 1.29 is 24.1 Å². The number of anilines is 1. The Morgan fingerprint density at radius 1 is 0.800 bits per heavy atom. The molecule has 0 spiro atoms. The van der Waals surface area contributed by atoms with Crippen molar-refractivity contribution in [1.29, 1.82) is 0 Å². The Hall–Kier alpha value is -1.47. The zero-order chi connectivity index (χ0) is 17.1. The summed E-state index contributed by atoms with van der Waals surface area (Å²) in [6, 6.07) is 13.1. The smallest absolute Gasteiger partial charge is 0.206 e. The number of hydrogen-bond donors (Lipinski definition) is 0. The van der Waals surface area contributed by atoms with Crippen molar-refractivity contribution in [2.24, 2.45) is 0 Å². The van der Waals surface area contributed by atoms with Gasteiger partial charge >= 0.3 is 0 Å². The average Bonchev–Trinajstić information content (AvgIpc) is 2.50. The van der Waals surface area contributed by atoms with E-state index in [0.717, 1.165) is 13.1 Å². The van der Waals surface area contributed by atoms with E-state index in [9.17, 15) is 0 Å². The Morgan fingerprint density at radius 2 is 1.36 bits per heavy atom. The van der Waals surface area contributed by atoms with Crippen LogP contribution in [0.15, 0.2) is 36.4 Å². The molecule has 2 nitrogen and oxygen atoms in total. The summed E-state index contributed by atoms with van der Waals surface area (Å²) < 4.78 is 2.34. The number of benzene rings is 2. The van der Waals surface area contributed by atoms with Crippen molar-refractivity contribution in [3.63, 3.8) is 0 Å². The van der Waals surface area contributed by atoms with Crippen LogP contribution in [0, 0.1) is 27.7 Å². The van der Waals surface area contributed by atoms with E-state index in [1.54, 1.807) is 0 Å². The average molecular weight is 423 g/mol. The molecule has 0 saturated heterocycles. The monoisotopic (exact) mass is 423 g/mol. The Balaban J connectivity index is 0.00000225. The minimum atomic E-state index is 0. The molecule has 3 heteroatoms. The SMILES string of the molecule is Cc1cccc(C)c1N1[C-]=[N+](c2c(C)cccc2C)CCCCC1.[Rh]. The molecule has 0 amide bonds. The predicted molar refractivity (Wildman–Crippen MR) is 103 cm³/mol. The van der Waals surface area contributed by atoms with Gasteiger partial charge in [-0.05, 0) is 47.0 Å². The Kier molecular flexibility index (Phi) is 6.96. The fourth-order valence-electron chi connectivity index (χ4n) is 3.75. The Labute approximate surface area is 165 Å². The van der Waals surface area contributed by atoms with E-state index < -0.39 is 0 Å². The Morgan fingerprint density at radius 3 is 1.96 bits per heavy atom. The van der Waals surface area contributed by atoms with Crippen molar-refractivity contribution in [3.8, 4) is 0 Å². The number of rotatable bonds is 2. The van der Waals surface area contributed by atoms with E-state index in [1.165, 1.54) is 52.9 Å². The van der Waals surface area contributed by atoms with Gasteiger partial charge < -0.3 is 9.48 Å². The maximum absolute atomic E-state index is 3.72. The van der Waals surface area contributed by atoms with Gasteiger partial charge in [0.15, 0.2) is 0 Å². The van der Waals surface area contributed by atoms with Gasteiger partial charge in [-0.1, -0.05) is 58.7 Å². The van der Waals surface area contributed by atoms with Gasteiger partial charge in [0.25, 0.3) is 0 Å². The first-order chi connectivity index (χ1) is 11.6. The topological polar surface area (TPSA) is 6.25 Å². The number of aryl methyl sites for hydroxylation is 4. The molecule has 1 heterocycles. The van der Waals surface area contributed by atoms with Gasteiger partial charge in [0.2, 0.25) is 6.34 Å². The molecule has 1 radical (unpaired) electrons. The quantitative estimate of drug-likeness (QED) is 0.368. The van der Waals surface area contributed by atoms with Gasteiger partial charge in [0.05, 0.1) is 13.1 Å². The second kappa shape index (κ2) is 8.76. The maximum Gasteiger partial charge on any atom is 0.206 e. The van der Waals surface area contributed by atoms with Crippen LogP contribution in [0.25, 0.3) is 0 Å². The third-order valence-electron chi connectivity index (χ3n) is 4.92. The second-order valence-electron chi connectivity index (χ2n) is 6.94. The van der Waals surface area contributed by atoms with E-state index in [-0.39, 0.29) is 19.5 Å². The van der Waals surface area contributed by atoms with Crippen molar-refractivity contribution in [2.75, 3.05) is 18.0 Å². The molecular formula is C22H28N2Rh. The van der Waals surface area contributed by atoms with Crippen molar-refractivity contribution in [1.82, 2.24) is 0 Å². The summed E-state index contributed by atoms with van der Waals surface area (Å²) in [7, 11) is 0. The van der Waals surface area contributed by atoms with Crippen molar-refractivity contribution in [2.45, 2.75) is 47.0 Å². The first kappa shape index (κ1) is 19.9. The van der Waals surface area contributed by atoms with E-state index in [4.69, 9.17) is 0 Å². The molecule has 0 unspecified atom stereocenters. The molecule has 135 valence electrons. The van der Waals surface area contributed by atoms with Crippen LogP contribution in [0.2, 0.25) is 0 Å². The van der Waals surface area contributed by atoms with Crippen LogP contribution in [0.5, 0.6) is 0 Å². The number of nitrogens with zero attached hydrogens (tertiary/aromatic N) is 2. The van der Waals surface area contributed by atoms with E-state index >= 15 is 0 Å². The third kappa shape index (κ3) is 4.39. The van der Waals surface area contributed by atoms with E-state index in [0.29, 0.717) is 0 Å². The first-order valence-electron chi connectivity index (χ1n) is 9.01. The van der Waals surface area contributed by atoms with Gasteiger partial charge in [-0.2, -0.15) is 0 Å². The largest absolute Gasteiger partial charge is 0.337 e. The van der Waals surface area contributed by atoms with Crippen LogP contribution in [0.4, 0.5) is 11.4 Å². The molecule has 3 rings (SSSR count). The summed E-state index contributed by atoms with van der Waals surface area (Å²) in [6.45, 7) is 10.9. The fourth-order valence-corrected chi connectivity index (χ4v) is 3.75. The molecule has 0 fully saturated rings. The molecule has 25 heavy (non-hydrogen) atoms. The molecule has 0 N–H and O–H groups in total. The predicted octanol–water partition coefficient (Wildman–Crippen LogP) is 5.16. The zero-order valence-electron chi connectivity index (χ0n) is 15.7. The van der Waals surface area contributed by atoms with Crippen LogP contribution < -0.4 is 4.90 Å². The first-order valence-corrected chi connectivity index (χ1v) is 9.01. The number of para-hydroxylation sites is 2. The zero-order valence-corrected chi connectivity index (χ0v) is 17.4. The van der Waals surface area contributed by atoms with Gasteiger partial charge in [0.1, 0.15) is 0 Å². The number of hydrogen-bond acceptors (Lipinski definition) is 1. The van der Waals surface area contributed by atoms with Crippen molar-refractivity contribution in [3.05, 3.63) is 58.7 Å². The molecule has 2 aromatic rings. The van der Waals surface area contributed by atoms with Crippen LogP contribution >= 0.6 is 0 Å². The molecule has 1 aliphatic rings. The molecule has 0 bridgehead atoms. The summed E-state index contributed by atoms with van der Waals surface area (Å²) in [4.78, 5) is 2.34.